The fourth-order valence-electron chi connectivity index (χ4n) is 1.68. The molecule has 0 spiro atoms. The Morgan fingerprint density at radius 3 is 2.92 bits per heavy atom. The zero-order chi connectivity index (χ0) is 9.68. The first kappa shape index (κ1) is 10.1. The van der Waals surface area contributed by atoms with E-state index in [2.05, 4.69) is 38.2 Å². The molecular formula is C12H18O. The number of ether oxygens (including phenoxy) is 1. The van der Waals surface area contributed by atoms with Crippen LogP contribution in [-0.4, -0.2) is 7.11 Å². The molecule has 0 radical (unpaired) electrons. The first-order valence-corrected chi connectivity index (χ1v) is 4.86. The lowest BCUT2D eigenvalue weighted by molar-refractivity contribution is 0.269. The van der Waals surface area contributed by atoms with Gasteiger partial charge in [-0.1, -0.05) is 31.2 Å². The summed E-state index contributed by atoms with van der Waals surface area (Å²) in [6.45, 7) is 4.25. The second-order valence-corrected chi connectivity index (χ2v) is 3.34. The number of methoxy groups -OCH3 is 1. The highest BCUT2D eigenvalue weighted by atomic mass is 16.5. The summed E-state index contributed by atoms with van der Waals surface area (Å²) in [6, 6.07) is 0. The van der Waals surface area contributed by atoms with Crippen molar-refractivity contribution in [2.45, 2.75) is 26.7 Å². The number of hydrogen-bond donors (Lipinski definition) is 0. The Morgan fingerprint density at radius 2 is 2.31 bits per heavy atom. The molecule has 1 nitrogen and oxygen atoms in total. The van der Waals surface area contributed by atoms with E-state index >= 15 is 0 Å². The summed E-state index contributed by atoms with van der Waals surface area (Å²) in [4.78, 5) is 0. The summed E-state index contributed by atoms with van der Waals surface area (Å²) < 4.78 is 5.37. The third-order valence-electron chi connectivity index (χ3n) is 2.38. The monoisotopic (exact) mass is 178 g/mol. The molecule has 0 aromatic rings. The lowest BCUT2D eigenvalue weighted by Gasteiger charge is -2.17. The maximum Gasteiger partial charge on any atom is 0.0996 e. The minimum absolute atomic E-state index is 0.469. The molecule has 0 saturated carbocycles. The van der Waals surface area contributed by atoms with Gasteiger partial charge >= 0.3 is 0 Å². The molecule has 13 heavy (non-hydrogen) atoms. The van der Waals surface area contributed by atoms with Crippen molar-refractivity contribution < 1.29 is 4.74 Å². The van der Waals surface area contributed by atoms with Crippen LogP contribution in [0.4, 0.5) is 0 Å². The Morgan fingerprint density at radius 1 is 1.54 bits per heavy atom. The van der Waals surface area contributed by atoms with Crippen LogP contribution in [-0.2, 0) is 4.74 Å². The van der Waals surface area contributed by atoms with E-state index < -0.39 is 0 Å². The van der Waals surface area contributed by atoms with Crippen LogP contribution in [0.3, 0.4) is 0 Å². The van der Waals surface area contributed by atoms with Crippen LogP contribution in [0.2, 0.25) is 0 Å². The van der Waals surface area contributed by atoms with Crippen molar-refractivity contribution in [1.29, 1.82) is 0 Å². The largest absolute Gasteiger partial charge is 0.501 e. The van der Waals surface area contributed by atoms with E-state index in [4.69, 9.17) is 4.74 Å². The van der Waals surface area contributed by atoms with Crippen LogP contribution in [0.25, 0.3) is 0 Å². The van der Waals surface area contributed by atoms with Crippen molar-refractivity contribution in [2.75, 3.05) is 7.11 Å². The summed E-state index contributed by atoms with van der Waals surface area (Å²) >= 11 is 0. The van der Waals surface area contributed by atoms with E-state index in [1.165, 1.54) is 5.57 Å². The van der Waals surface area contributed by atoms with Gasteiger partial charge in [0.2, 0.25) is 0 Å². The second kappa shape index (κ2) is 4.90. The predicted octanol–water partition coefficient (Wildman–Crippen LogP) is 3.45. The van der Waals surface area contributed by atoms with Gasteiger partial charge in [0.25, 0.3) is 0 Å². The Labute approximate surface area is 80.8 Å². The molecule has 0 N–H and O–H groups in total. The van der Waals surface area contributed by atoms with Gasteiger partial charge in [0, 0.05) is 12.3 Å². The summed E-state index contributed by atoms with van der Waals surface area (Å²) in [5, 5.41) is 0. The molecule has 0 aromatic carbocycles. The second-order valence-electron chi connectivity index (χ2n) is 3.34. The summed E-state index contributed by atoms with van der Waals surface area (Å²) in [5.41, 5.74) is 1.33. The highest BCUT2D eigenvalue weighted by molar-refractivity contribution is 5.30. The molecule has 0 heterocycles. The Hall–Kier alpha value is -0.980. The molecule has 72 valence electrons. The molecule has 0 bridgehead atoms. The summed E-state index contributed by atoms with van der Waals surface area (Å²) in [6.07, 6.45) is 10.8. The molecule has 0 amide bonds. The molecule has 0 aliphatic heterocycles. The van der Waals surface area contributed by atoms with Crippen LogP contribution in [0, 0.1) is 5.92 Å². The Kier molecular flexibility index (Phi) is 3.81. The maximum atomic E-state index is 5.37. The van der Waals surface area contributed by atoms with Crippen molar-refractivity contribution in [3.05, 3.63) is 35.6 Å². The third kappa shape index (κ3) is 2.48. The van der Waals surface area contributed by atoms with Gasteiger partial charge in [-0.3, -0.25) is 0 Å². The zero-order valence-electron chi connectivity index (χ0n) is 8.71. The minimum atomic E-state index is 0.469. The van der Waals surface area contributed by atoms with Gasteiger partial charge in [-0.05, 0) is 18.9 Å². The van der Waals surface area contributed by atoms with Crippen LogP contribution in [0.5, 0.6) is 0 Å². The normalized spacial score (nSPS) is 19.6. The van der Waals surface area contributed by atoms with Crippen molar-refractivity contribution in [1.82, 2.24) is 0 Å². The predicted molar refractivity (Wildman–Crippen MR) is 56.4 cm³/mol. The lowest BCUT2D eigenvalue weighted by Crippen LogP contribution is -2.03. The van der Waals surface area contributed by atoms with E-state index in [-0.39, 0.29) is 0 Å². The Balaban J connectivity index is 2.84. The van der Waals surface area contributed by atoms with Crippen molar-refractivity contribution in [3.8, 4) is 0 Å². The van der Waals surface area contributed by atoms with Crippen molar-refractivity contribution in [2.24, 2.45) is 5.92 Å². The maximum absolute atomic E-state index is 5.37. The van der Waals surface area contributed by atoms with Gasteiger partial charge in [-0.25, -0.2) is 0 Å². The lowest BCUT2D eigenvalue weighted by atomic mass is 9.94. The van der Waals surface area contributed by atoms with Gasteiger partial charge < -0.3 is 4.74 Å². The van der Waals surface area contributed by atoms with Crippen LogP contribution < -0.4 is 0 Å². The topological polar surface area (TPSA) is 9.23 Å². The van der Waals surface area contributed by atoms with E-state index in [0.717, 1.165) is 18.6 Å². The van der Waals surface area contributed by atoms with Gasteiger partial charge in [-0.15, -0.1) is 0 Å². The molecule has 1 aliphatic carbocycles. The average Bonchev–Trinajstić information content (AvgIpc) is 2.18. The fraction of sp³-hybridized carbons (Fsp3) is 0.500. The van der Waals surface area contributed by atoms with Crippen LogP contribution in [0.15, 0.2) is 35.6 Å². The van der Waals surface area contributed by atoms with Crippen LogP contribution >= 0.6 is 0 Å². The van der Waals surface area contributed by atoms with Gasteiger partial charge in [0.1, 0.15) is 0 Å². The fourth-order valence-corrected chi connectivity index (χ4v) is 1.68. The molecule has 0 saturated heterocycles. The third-order valence-corrected chi connectivity index (χ3v) is 2.38. The van der Waals surface area contributed by atoms with Gasteiger partial charge in [0.15, 0.2) is 0 Å². The molecule has 1 unspecified atom stereocenters. The summed E-state index contributed by atoms with van der Waals surface area (Å²) in [7, 11) is 1.76. The molecule has 1 atom stereocenters. The number of rotatable bonds is 3. The molecule has 0 fully saturated rings. The van der Waals surface area contributed by atoms with Gasteiger partial charge in [-0.2, -0.15) is 0 Å². The van der Waals surface area contributed by atoms with Crippen molar-refractivity contribution >= 4 is 0 Å². The first-order chi connectivity index (χ1) is 6.29. The molecule has 1 rings (SSSR count). The summed E-state index contributed by atoms with van der Waals surface area (Å²) in [5.74, 6) is 1.62. The van der Waals surface area contributed by atoms with E-state index in [1.807, 2.05) is 0 Å². The Bertz CT molecular complexity index is 246. The smallest absolute Gasteiger partial charge is 0.0996 e. The average molecular weight is 178 g/mol. The van der Waals surface area contributed by atoms with E-state index in [1.54, 1.807) is 7.11 Å². The quantitative estimate of drug-likeness (QED) is 0.601. The number of hydrogen-bond acceptors (Lipinski definition) is 1. The molecule has 0 aromatic heterocycles. The highest BCUT2D eigenvalue weighted by Gasteiger charge is 2.12. The van der Waals surface area contributed by atoms with E-state index in [0.29, 0.717) is 5.92 Å². The van der Waals surface area contributed by atoms with Crippen molar-refractivity contribution in [3.63, 3.8) is 0 Å². The number of allylic oxidation sites excluding steroid dienone is 6. The van der Waals surface area contributed by atoms with E-state index in [9.17, 15) is 0 Å². The molecule has 1 aliphatic rings. The zero-order valence-corrected chi connectivity index (χ0v) is 8.71. The highest BCUT2D eigenvalue weighted by Crippen LogP contribution is 2.26. The molecular weight excluding hydrogens is 160 g/mol. The standard InChI is InChI=1S/C12H18O/c1-4-7-10(2)11-8-5-6-9-12(11)13-3/h4-5,7-8,10H,6,9H2,1-3H3/b7-4-. The van der Waals surface area contributed by atoms with Crippen LogP contribution in [0.1, 0.15) is 26.7 Å². The molecule has 1 heteroatoms. The van der Waals surface area contributed by atoms with Gasteiger partial charge in [0.05, 0.1) is 12.9 Å². The SMILES string of the molecule is C/C=C\C(C)C1=C(OC)CCC=C1. The first-order valence-electron chi connectivity index (χ1n) is 4.86. The minimum Gasteiger partial charge on any atom is -0.501 e.